The predicted molar refractivity (Wildman–Crippen MR) is 123 cm³/mol. The van der Waals surface area contributed by atoms with Crippen molar-refractivity contribution in [3.8, 4) is 5.69 Å². The Balaban J connectivity index is 1.38. The first-order valence-electron chi connectivity index (χ1n) is 11.6. The van der Waals surface area contributed by atoms with E-state index in [4.69, 9.17) is 0 Å². The lowest BCUT2D eigenvalue weighted by Crippen LogP contribution is -2.50. The van der Waals surface area contributed by atoms with Gasteiger partial charge in [0.25, 0.3) is 11.8 Å². The minimum absolute atomic E-state index is 0.120. The number of piperidine rings is 1. The van der Waals surface area contributed by atoms with Gasteiger partial charge in [0.05, 0.1) is 29.0 Å². The van der Waals surface area contributed by atoms with E-state index in [0.29, 0.717) is 25.2 Å². The van der Waals surface area contributed by atoms with Crippen LogP contribution in [0.2, 0.25) is 0 Å². The fourth-order valence-electron chi connectivity index (χ4n) is 5.27. The number of para-hydroxylation sites is 1. The molecule has 0 spiro atoms. The average molecular weight is 483 g/mol. The van der Waals surface area contributed by atoms with E-state index in [9.17, 15) is 22.8 Å². The molecule has 6 nitrogen and oxygen atoms in total. The summed E-state index contributed by atoms with van der Waals surface area (Å²) in [5.41, 5.74) is 2.46. The molecule has 2 unspecified atom stereocenters. The Hall–Kier alpha value is -3.62. The van der Waals surface area contributed by atoms with Crippen LogP contribution in [0.5, 0.6) is 0 Å². The zero-order chi connectivity index (χ0) is 24.9. The van der Waals surface area contributed by atoms with Crippen LogP contribution < -0.4 is 0 Å². The van der Waals surface area contributed by atoms with Crippen molar-refractivity contribution in [2.45, 2.75) is 44.9 Å². The highest BCUT2D eigenvalue weighted by Crippen LogP contribution is 2.39. The first-order valence-corrected chi connectivity index (χ1v) is 11.6. The van der Waals surface area contributed by atoms with Gasteiger partial charge in [0.15, 0.2) is 0 Å². The van der Waals surface area contributed by atoms with Gasteiger partial charge in [0, 0.05) is 24.2 Å². The molecule has 3 heterocycles. The summed E-state index contributed by atoms with van der Waals surface area (Å²) in [5.74, 6) is -0.447. The number of rotatable bonds is 3. The highest BCUT2D eigenvalue weighted by Gasteiger charge is 2.44. The molecule has 1 aromatic heterocycles. The minimum atomic E-state index is -4.45. The van der Waals surface area contributed by atoms with Gasteiger partial charge in [-0.05, 0) is 63.1 Å². The molecule has 0 radical (unpaired) electrons. The number of amides is 2. The first-order chi connectivity index (χ1) is 16.7. The quantitative estimate of drug-likeness (QED) is 0.527. The molecule has 2 atom stereocenters. The number of aryl methyl sites for hydroxylation is 1. The fraction of sp³-hybridized carbons (Fsp3) is 0.346. The molecule has 1 fully saturated rings. The van der Waals surface area contributed by atoms with Gasteiger partial charge in [0.2, 0.25) is 0 Å². The second-order valence-electron chi connectivity index (χ2n) is 9.11. The molecule has 0 N–H and O–H groups in total. The molecule has 0 saturated carbocycles. The highest BCUT2D eigenvalue weighted by molar-refractivity contribution is 5.99. The molecule has 5 rings (SSSR count). The van der Waals surface area contributed by atoms with Gasteiger partial charge in [0.1, 0.15) is 5.69 Å². The number of alkyl halides is 3. The number of aromatic nitrogens is 2. The smallest absolute Gasteiger partial charge is 0.337 e. The topological polar surface area (TPSA) is 58.4 Å². The molecular weight excluding hydrogens is 457 g/mol. The third-order valence-corrected chi connectivity index (χ3v) is 6.92. The van der Waals surface area contributed by atoms with E-state index in [-0.39, 0.29) is 29.5 Å². The predicted octanol–water partition coefficient (Wildman–Crippen LogP) is 5.02. The van der Waals surface area contributed by atoms with E-state index in [1.807, 2.05) is 49.1 Å². The van der Waals surface area contributed by atoms with Gasteiger partial charge in [-0.3, -0.25) is 9.59 Å². The third kappa shape index (κ3) is 3.98. The van der Waals surface area contributed by atoms with E-state index in [2.05, 4.69) is 5.10 Å². The molecule has 35 heavy (non-hydrogen) atoms. The van der Waals surface area contributed by atoms with Crippen LogP contribution in [-0.2, 0) is 6.18 Å². The van der Waals surface area contributed by atoms with Gasteiger partial charge < -0.3 is 9.80 Å². The van der Waals surface area contributed by atoms with Crippen molar-refractivity contribution in [3.63, 3.8) is 0 Å². The second kappa shape index (κ2) is 8.55. The van der Waals surface area contributed by atoms with Crippen LogP contribution in [0.3, 0.4) is 0 Å². The number of hydrogen-bond donors (Lipinski definition) is 0. The van der Waals surface area contributed by atoms with Crippen molar-refractivity contribution in [1.29, 1.82) is 0 Å². The number of fused-ring (bicyclic) bond motifs is 1. The summed E-state index contributed by atoms with van der Waals surface area (Å²) in [6.07, 6.45) is -3.00. The molecule has 0 bridgehead atoms. The summed E-state index contributed by atoms with van der Waals surface area (Å²) in [7, 11) is 0. The van der Waals surface area contributed by atoms with Gasteiger partial charge in [-0.15, -0.1) is 0 Å². The number of carbonyl (C=O) groups excluding carboxylic acids is 2. The molecule has 3 aromatic rings. The van der Waals surface area contributed by atoms with Crippen molar-refractivity contribution in [2.24, 2.45) is 0 Å². The summed E-state index contributed by atoms with van der Waals surface area (Å²) in [6, 6.07) is 13.4. The van der Waals surface area contributed by atoms with Crippen LogP contribution in [-0.4, -0.2) is 50.5 Å². The number of benzene rings is 2. The molecule has 2 amide bonds. The van der Waals surface area contributed by atoms with Crippen molar-refractivity contribution < 1.29 is 22.8 Å². The van der Waals surface area contributed by atoms with Crippen LogP contribution in [0.1, 0.15) is 63.5 Å². The van der Waals surface area contributed by atoms with Crippen molar-refractivity contribution >= 4 is 11.8 Å². The lowest BCUT2D eigenvalue weighted by molar-refractivity contribution is -0.137. The number of halogens is 3. The minimum Gasteiger partial charge on any atom is -0.337 e. The molecule has 0 aliphatic carbocycles. The number of carbonyl (C=O) groups is 2. The Morgan fingerprint density at radius 2 is 1.74 bits per heavy atom. The molecule has 2 aliphatic rings. The van der Waals surface area contributed by atoms with Gasteiger partial charge in [-0.1, -0.05) is 18.2 Å². The van der Waals surface area contributed by atoms with E-state index in [0.717, 1.165) is 35.5 Å². The maximum absolute atomic E-state index is 13.6. The Labute approximate surface area is 200 Å². The normalized spacial score (nSPS) is 20.3. The monoisotopic (exact) mass is 482 g/mol. The van der Waals surface area contributed by atoms with Crippen LogP contribution in [0.15, 0.2) is 54.6 Å². The molecule has 2 aromatic carbocycles. The summed E-state index contributed by atoms with van der Waals surface area (Å²) in [6.45, 7) is 4.70. The summed E-state index contributed by atoms with van der Waals surface area (Å²) in [4.78, 5) is 30.2. The van der Waals surface area contributed by atoms with Crippen molar-refractivity contribution in [3.05, 3.63) is 82.7 Å². The van der Waals surface area contributed by atoms with E-state index in [1.165, 1.54) is 12.1 Å². The standard InChI is InChI=1S/C26H25F3N4O2/c1-16-22-17(2)32(25(35)23(22)33(30-16)20-7-4-3-5-8-20)21-9-6-14-31(15-21)24(34)18-10-12-19(13-11-18)26(27,28)29/h3-5,7-8,10-13,17,21H,6,9,14-15H2,1-2H3. The zero-order valence-corrected chi connectivity index (χ0v) is 19.4. The summed E-state index contributed by atoms with van der Waals surface area (Å²) in [5, 5.41) is 4.61. The Morgan fingerprint density at radius 1 is 1.06 bits per heavy atom. The highest BCUT2D eigenvalue weighted by atomic mass is 19.4. The van der Waals surface area contributed by atoms with Crippen molar-refractivity contribution in [1.82, 2.24) is 19.6 Å². The maximum Gasteiger partial charge on any atom is 0.416 e. The Morgan fingerprint density at radius 3 is 2.40 bits per heavy atom. The number of hydrogen-bond acceptors (Lipinski definition) is 3. The van der Waals surface area contributed by atoms with Crippen LogP contribution in [0, 0.1) is 6.92 Å². The van der Waals surface area contributed by atoms with Crippen LogP contribution >= 0.6 is 0 Å². The second-order valence-corrected chi connectivity index (χ2v) is 9.11. The zero-order valence-electron chi connectivity index (χ0n) is 19.4. The third-order valence-electron chi connectivity index (χ3n) is 6.92. The van der Waals surface area contributed by atoms with Crippen molar-refractivity contribution in [2.75, 3.05) is 13.1 Å². The molecule has 1 saturated heterocycles. The van der Waals surface area contributed by atoms with Crippen LogP contribution in [0.25, 0.3) is 5.69 Å². The first kappa shape index (κ1) is 23.1. The van der Waals surface area contributed by atoms with E-state index >= 15 is 0 Å². The van der Waals surface area contributed by atoms with E-state index in [1.54, 1.807) is 9.58 Å². The molecule has 182 valence electrons. The van der Waals surface area contributed by atoms with E-state index < -0.39 is 11.7 Å². The number of nitrogens with zero attached hydrogens (tertiary/aromatic N) is 4. The summed E-state index contributed by atoms with van der Waals surface area (Å²) < 4.78 is 40.3. The van der Waals surface area contributed by atoms with Crippen LogP contribution in [0.4, 0.5) is 13.2 Å². The SMILES string of the molecule is Cc1nn(-c2ccccc2)c2c1C(C)N(C1CCCN(C(=O)c3ccc(C(F)(F)F)cc3)C1)C2=O. The average Bonchev–Trinajstić information content (AvgIpc) is 3.33. The largest absolute Gasteiger partial charge is 0.416 e. The molecular formula is C26H25F3N4O2. The van der Waals surface area contributed by atoms with Gasteiger partial charge in [-0.25, -0.2) is 4.68 Å². The lowest BCUT2D eigenvalue weighted by atomic mass is 10.0. The van der Waals surface area contributed by atoms with Gasteiger partial charge >= 0.3 is 6.18 Å². The lowest BCUT2D eigenvalue weighted by Gasteiger charge is -2.39. The Bertz CT molecular complexity index is 1270. The number of likely N-dealkylation sites (tertiary alicyclic amines) is 1. The molecule has 9 heteroatoms. The maximum atomic E-state index is 13.6. The molecule has 2 aliphatic heterocycles. The van der Waals surface area contributed by atoms with Gasteiger partial charge in [-0.2, -0.15) is 18.3 Å². The fourth-order valence-corrected chi connectivity index (χ4v) is 5.27. The summed E-state index contributed by atoms with van der Waals surface area (Å²) >= 11 is 0. The Kier molecular flexibility index (Phi) is 5.65.